The Labute approximate surface area is 94.8 Å². The van der Waals surface area contributed by atoms with Gasteiger partial charge in [0, 0.05) is 5.02 Å². The molecular formula is C9H10ClFLiN. The van der Waals surface area contributed by atoms with Gasteiger partial charge in [-0.05, 0) is 17.7 Å². The summed E-state index contributed by atoms with van der Waals surface area (Å²) in [7, 11) is 0. The molecule has 0 atom stereocenters. The second kappa shape index (κ2) is 6.45. The van der Waals surface area contributed by atoms with E-state index in [1.54, 1.807) is 12.1 Å². The largest absolute Gasteiger partial charge is 1.00 e. The molecule has 0 aromatic heterocycles. The monoisotopic (exact) mass is 193 g/mol. The first-order valence-electron chi connectivity index (χ1n) is 3.82. The van der Waals surface area contributed by atoms with Crippen LogP contribution in [0.15, 0.2) is 18.2 Å². The standard InChI is InChI=1S/C9H10ClFN.Li/c1-2-12-6-7-8(10)4-3-5-9(7)11;/h3-5H,2,6H2,1H3;/q-1;+1. The summed E-state index contributed by atoms with van der Waals surface area (Å²) in [5.41, 5.74) is 0.487. The molecule has 0 aliphatic carbocycles. The van der Waals surface area contributed by atoms with Crippen molar-refractivity contribution in [2.75, 3.05) is 6.54 Å². The molecular weight excluding hydrogens is 183 g/mol. The van der Waals surface area contributed by atoms with Crippen LogP contribution in [-0.4, -0.2) is 6.54 Å². The Morgan fingerprint density at radius 1 is 1.46 bits per heavy atom. The molecule has 0 unspecified atom stereocenters. The fraction of sp³-hybridized carbons (Fsp3) is 0.333. The molecule has 0 N–H and O–H groups in total. The SMILES string of the molecule is CC[N-]Cc1c(F)cccc1Cl.[Li+]. The summed E-state index contributed by atoms with van der Waals surface area (Å²) < 4.78 is 13.0. The van der Waals surface area contributed by atoms with Crippen LogP contribution in [0.2, 0.25) is 5.02 Å². The van der Waals surface area contributed by atoms with Crippen LogP contribution in [0.5, 0.6) is 0 Å². The maximum Gasteiger partial charge on any atom is 1.00 e. The first-order chi connectivity index (χ1) is 5.75. The number of hydrogen-bond donors (Lipinski definition) is 0. The molecule has 0 aliphatic heterocycles. The number of rotatable bonds is 3. The van der Waals surface area contributed by atoms with Gasteiger partial charge in [-0.15, -0.1) is 6.54 Å². The van der Waals surface area contributed by atoms with Gasteiger partial charge in [0.15, 0.2) is 0 Å². The summed E-state index contributed by atoms with van der Waals surface area (Å²) in [6.07, 6.45) is 0. The first kappa shape index (κ1) is 13.0. The second-order valence-electron chi connectivity index (χ2n) is 2.40. The summed E-state index contributed by atoms with van der Waals surface area (Å²) >= 11 is 5.77. The van der Waals surface area contributed by atoms with Gasteiger partial charge < -0.3 is 5.32 Å². The predicted octanol–water partition coefficient (Wildman–Crippen LogP) is 0.377. The quantitative estimate of drug-likeness (QED) is 0.617. The van der Waals surface area contributed by atoms with Crippen molar-refractivity contribution in [2.24, 2.45) is 0 Å². The molecule has 0 fully saturated rings. The van der Waals surface area contributed by atoms with Crippen LogP contribution in [0.3, 0.4) is 0 Å². The van der Waals surface area contributed by atoms with Gasteiger partial charge in [-0.1, -0.05) is 24.6 Å². The summed E-state index contributed by atoms with van der Waals surface area (Å²) in [5.74, 6) is -0.278. The van der Waals surface area contributed by atoms with Gasteiger partial charge in [0.1, 0.15) is 5.82 Å². The van der Waals surface area contributed by atoms with Crippen LogP contribution < -0.4 is 18.9 Å². The molecule has 0 aliphatic rings. The van der Waals surface area contributed by atoms with Gasteiger partial charge in [-0.3, -0.25) is 0 Å². The molecule has 0 heterocycles. The molecule has 4 heteroatoms. The average Bonchev–Trinajstić information content (AvgIpc) is 2.04. The Morgan fingerprint density at radius 2 is 2.15 bits per heavy atom. The maximum absolute atomic E-state index is 13.0. The fourth-order valence-electron chi connectivity index (χ4n) is 0.907. The van der Waals surface area contributed by atoms with E-state index in [-0.39, 0.29) is 24.7 Å². The molecule has 1 rings (SSSR count). The van der Waals surface area contributed by atoms with Crippen molar-refractivity contribution in [3.8, 4) is 0 Å². The van der Waals surface area contributed by atoms with Crippen molar-refractivity contribution in [1.29, 1.82) is 0 Å². The van der Waals surface area contributed by atoms with Crippen LogP contribution in [0, 0.1) is 5.82 Å². The van der Waals surface area contributed by atoms with Crippen LogP contribution in [0.25, 0.3) is 5.32 Å². The van der Waals surface area contributed by atoms with Crippen LogP contribution >= 0.6 is 11.6 Å². The zero-order chi connectivity index (χ0) is 8.97. The summed E-state index contributed by atoms with van der Waals surface area (Å²) in [6.45, 7) is 2.96. The molecule has 66 valence electrons. The third-order valence-corrected chi connectivity index (χ3v) is 1.91. The normalized spacial score (nSPS) is 9.46. The number of benzene rings is 1. The number of halogens is 2. The van der Waals surface area contributed by atoms with Gasteiger partial charge in [0.2, 0.25) is 0 Å². The summed E-state index contributed by atoms with van der Waals surface area (Å²) in [6, 6.07) is 4.66. The third kappa shape index (κ3) is 3.70. The fourth-order valence-corrected chi connectivity index (χ4v) is 1.13. The average molecular weight is 194 g/mol. The van der Waals surface area contributed by atoms with Crippen molar-refractivity contribution in [3.05, 3.63) is 39.9 Å². The Bertz CT molecular complexity index is 248. The molecule has 0 saturated heterocycles. The molecule has 1 aromatic carbocycles. The van der Waals surface area contributed by atoms with Crippen LogP contribution in [-0.2, 0) is 6.54 Å². The molecule has 0 saturated carbocycles. The zero-order valence-corrected chi connectivity index (χ0v) is 8.61. The molecule has 1 aromatic rings. The predicted molar refractivity (Wildman–Crippen MR) is 49.0 cm³/mol. The van der Waals surface area contributed by atoms with E-state index in [2.05, 4.69) is 5.32 Å². The minimum Gasteiger partial charge on any atom is -0.659 e. The van der Waals surface area contributed by atoms with Gasteiger partial charge >= 0.3 is 18.9 Å². The van der Waals surface area contributed by atoms with Gasteiger partial charge in [0.05, 0.1) is 0 Å². The zero-order valence-electron chi connectivity index (χ0n) is 7.85. The van der Waals surface area contributed by atoms with Gasteiger partial charge in [0.25, 0.3) is 0 Å². The Balaban J connectivity index is 0.00000144. The first-order valence-corrected chi connectivity index (χ1v) is 4.19. The Hall–Kier alpha value is -0.00260. The summed E-state index contributed by atoms with van der Waals surface area (Å²) in [5, 5.41) is 4.49. The molecule has 0 radical (unpaired) electrons. The number of nitrogens with zero attached hydrogens (tertiary/aromatic N) is 1. The van der Waals surface area contributed by atoms with Crippen LogP contribution in [0.1, 0.15) is 12.5 Å². The van der Waals surface area contributed by atoms with Crippen molar-refractivity contribution in [1.82, 2.24) is 0 Å². The summed E-state index contributed by atoms with van der Waals surface area (Å²) in [4.78, 5) is 0. The minimum absolute atomic E-state index is 0. The molecule has 0 bridgehead atoms. The van der Waals surface area contributed by atoms with E-state index in [9.17, 15) is 4.39 Å². The van der Waals surface area contributed by atoms with Crippen molar-refractivity contribution in [2.45, 2.75) is 13.5 Å². The van der Waals surface area contributed by atoms with E-state index in [4.69, 9.17) is 11.6 Å². The maximum atomic E-state index is 13.0. The van der Waals surface area contributed by atoms with Crippen LogP contribution in [0.4, 0.5) is 4.39 Å². The van der Waals surface area contributed by atoms with Gasteiger partial charge in [-0.25, -0.2) is 4.39 Å². The molecule has 1 nitrogen and oxygen atoms in total. The van der Waals surface area contributed by atoms with E-state index in [1.165, 1.54) is 6.07 Å². The third-order valence-electron chi connectivity index (χ3n) is 1.56. The van der Waals surface area contributed by atoms with Crippen molar-refractivity contribution in [3.63, 3.8) is 0 Å². The van der Waals surface area contributed by atoms with E-state index in [0.717, 1.165) is 0 Å². The minimum atomic E-state index is -0.278. The van der Waals surface area contributed by atoms with Crippen molar-refractivity contribution < 1.29 is 23.3 Å². The van der Waals surface area contributed by atoms with Crippen molar-refractivity contribution >= 4 is 11.6 Å². The Kier molecular flexibility index (Phi) is 6.45. The van der Waals surface area contributed by atoms with E-state index in [1.807, 2.05) is 6.92 Å². The van der Waals surface area contributed by atoms with E-state index >= 15 is 0 Å². The topological polar surface area (TPSA) is 14.1 Å². The molecule has 0 spiro atoms. The smallest absolute Gasteiger partial charge is 0.659 e. The molecule has 0 amide bonds. The second-order valence-corrected chi connectivity index (χ2v) is 2.81. The Morgan fingerprint density at radius 3 is 2.69 bits per heavy atom. The molecule has 13 heavy (non-hydrogen) atoms. The van der Waals surface area contributed by atoms with Gasteiger partial charge in [-0.2, -0.15) is 6.54 Å². The van der Waals surface area contributed by atoms with E-state index in [0.29, 0.717) is 23.7 Å². The van der Waals surface area contributed by atoms with E-state index < -0.39 is 0 Å². The number of hydrogen-bond acceptors (Lipinski definition) is 0.